The molecule has 0 saturated carbocycles. The largest absolute Gasteiger partial charge is 0.479 e. The van der Waals surface area contributed by atoms with E-state index in [-0.39, 0.29) is 26.1 Å². The van der Waals surface area contributed by atoms with Crippen molar-refractivity contribution in [2.24, 2.45) is 0 Å². The summed E-state index contributed by atoms with van der Waals surface area (Å²) in [6.45, 7) is -0.374. The summed E-state index contributed by atoms with van der Waals surface area (Å²) in [4.78, 5) is 41.4. The maximum Gasteiger partial charge on any atom is 0.333 e. The molecule has 0 amide bonds. The predicted octanol–water partition coefficient (Wildman–Crippen LogP) is -0.896. The van der Waals surface area contributed by atoms with Crippen molar-refractivity contribution in [3.05, 3.63) is 0 Å². The van der Waals surface area contributed by atoms with E-state index >= 15 is 0 Å². The Kier molecular flexibility index (Phi) is 8.33. The molecular weight excluding hydrogens is 248 g/mol. The summed E-state index contributed by atoms with van der Waals surface area (Å²) in [7, 11) is 0. The molecule has 0 fully saturated rings. The molecule has 102 valence electrons. The fourth-order valence-corrected chi connectivity index (χ4v) is 1.04. The molecule has 2 unspecified atom stereocenters. The zero-order valence-electron chi connectivity index (χ0n) is 9.48. The van der Waals surface area contributed by atoms with Gasteiger partial charge in [-0.3, -0.25) is 0 Å². The van der Waals surface area contributed by atoms with Crippen LogP contribution in [0.2, 0.25) is 0 Å². The van der Waals surface area contributed by atoms with Gasteiger partial charge in [0.2, 0.25) is 0 Å². The summed E-state index contributed by atoms with van der Waals surface area (Å²) in [6.07, 6.45) is -2.34. The zero-order chi connectivity index (χ0) is 14.0. The molecule has 18 heavy (non-hydrogen) atoms. The van der Waals surface area contributed by atoms with E-state index in [0.29, 0.717) is 12.6 Å². The highest BCUT2D eigenvalue weighted by atomic mass is 16.6. The van der Waals surface area contributed by atoms with Crippen LogP contribution in [-0.4, -0.2) is 60.1 Å². The highest BCUT2D eigenvalue weighted by Gasteiger charge is 2.19. The van der Waals surface area contributed by atoms with Crippen LogP contribution in [0.5, 0.6) is 0 Å². The Labute approximate surface area is 102 Å². The minimum absolute atomic E-state index is 0.187. The van der Waals surface area contributed by atoms with Crippen LogP contribution in [0.4, 0.5) is 0 Å². The summed E-state index contributed by atoms with van der Waals surface area (Å²) in [6, 6.07) is 0. The molecule has 0 aromatic carbocycles. The van der Waals surface area contributed by atoms with E-state index in [1.165, 1.54) is 0 Å². The SMILES string of the molecule is O=CCC(OCCOC(CC=O)C(=O)O)C(=O)O. The van der Waals surface area contributed by atoms with Crippen molar-refractivity contribution in [2.75, 3.05) is 13.2 Å². The second-order valence-corrected chi connectivity index (χ2v) is 3.20. The second-order valence-electron chi connectivity index (χ2n) is 3.20. The number of hydrogen-bond donors (Lipinski definition) is 2. The number of rotatable bonds is 11. The topological polar surface area (TPSA) is 127 Å². The molecule has 0 radical (unpaired) electrons. The Bertz CT molecular complexity index is 270. The van der Waals surface area contributed by atoms with Crippen molar-refractivity contribution in [1.82, 2.24) is 0 Å². The predicted molar refractivity (Wildman–Crippen MR) is 56.1 cm³/mol. The van der Waals surface area contributed by atoms with E-state index in [1.807, 2.05) is 0 Å². The number of ether oxygens (including phenoxy) is 2. The lowest BCUT2D eigenvalue weighted by Crippen LogP contribution is -2.29. The first-order valence-corrected chi connectivity index (χ1v) is 5.09. The van der Waals surface area contributed by atoms with Crippen LogP contribution in [-0.2, 0) is 28.7 Å². The van der Waals surface area contributed by atoms with E-state index in [0.717, 1.165) is 0 Å². The number of hydrogen-bond acceptors (Lipinski definition) is 6. The number of carboxylic acids is 2. The van der Waals surface area contributed by atoms with Crippen molar-refractivity contribution < 1.29 is 38.9 Å². The molecular formula is C10H14O8. The summed E-state index contributed by atoms with van der Waals surface area (Å²) < 4.78 is 9.63. The van der Waals surface area contributed by atoms with Gasteiger partial charge in [-0.1, -0.05) is 0 Å². The number of carboxylic acid groups (broad SMARTS) is 2. The lowest BCUT2D eigenvalue weighted by atomic mass is 10.3. The Balaban J connectivity index is 3.94. The molecule has 0 aromatic heterocycles. The summed E-state index contributed by atoms with van der Waals surface area (Å²) in [5.41, 5.74) is 0. The normalized spacial score (nSPS) is 13.6. The van der Waals surface area contributed by atoms with Gasteiger partial charge < -0.3 is 29.3 Å². The third-order valence-corrected chi connectivity index (χ3v) is 1.89. The molecule has 8 heteroatoms. The van der Waals surface area contributed by atoms with Gasteiger partial charge in [0.05, 0.1) is 13.2 Å². The first kappa shape index (κ1) is 16.2. The average molecular weight is 262 g/mol. The molecule has 0 saturated heterocycles. The van der Waals surface area contributed by atoms with Crippen LogP contribution in [0.15, 0.2) is 0 Å². The standard InChI is InChI=1S/C10H14O8/c11-3-1-7(9(13)14)17-5-6-18-8(2-4-12)10(15)16/h3-4,7-8H,1-2,5-6H2,(H,13,14)(H,15,16). The molecule has 0 bridgehead atoms. The Morgan fingerprint density at radius 2 is 1.22 bits per heavy atom. The van der Waals surface area contributed by atoms with Crippen molar-refractivity contribution in [3.63, 3.8) is 0 Å². The fourth-order valence-electron chi connectivity index (χ4n) is 1.04. The van der Waals surface area contributed by atoms with Crippen LogP contribution < -0.4 is 0 Å². The molecule has 0 aliphatic rings. The van der Waals surface area contributed by atoms with Crippen LogP contribution >= 0.6 is 0 Å². The second kappa shape index (κ2) is 9.25. The molecule has 0 spiro atoms. The molecule has 0 aromatic rings. The van der Waals surface area contributed by atoms with Gasteiger partial charge in [-0.15, -0.1) is 0 Å². The van der Waals surface area contributed by atoms with Gasteiger partial charge in [0.25, 0.3) is 0 Å². The molecule has 0 aliphatic carbocycles. The monoisotopic (exact) mass is 262 g/mol. The lowest BCUT2D eigenvalue weighted by Gasteiger charge is -2.13. The van der Waals surface area contributed by atoms with E-state index in [9.17, 15) is 19.2 Å². The quantitative estimate of drug-likeness (QED) is 0.362. The minimum Gasteiger partial charge on any atom is -0.479 e. The van der Waals surface area contributed by atoms with E-state index in [2.05, 4.69) is 0 Å². The van der Waals surface area contributed by atoms with Gasteiger partial charge in [0, 0.05) is 12.8 Å². The summed E-state index contributed by atoms with van der Waals surface area (Å²) >= 11 is 0. The van der Waals surface area contributed by atoms with E-state index in [1.54, 1.807) is 0 Å². The minimum atomic E-state index is -1.29. The van der Waals surface area contributed by atoms with Crippen LogP contribution in [0.25, 0.3) is 0 Å². The maximum absolute atomic E-state index is 10.6. The zero-order valence-corrected chi connectivity index (χ0v) is 9.48. The smallest absolute Gasteiger partial charge is 0.333 e. The molecule has 0 aliphatic heterocycles. The van der Waals surface area contributed by atoms with Crippen molar-refractivity contribution in [1.29, 1.82) is 0 Å². The molecule has 0 rings (SSSR count). The van der Waals surface area contributed by atoms with Gasteiger partial charge in [0.1, 0.15) is 12.6 Å². The van der Waals surface area contributed by atoms with E-state index in [4.69, 9.17) is 19.7 Å². The van der Waals surface area contributed by atoms with Crippen LogP contribution in [0.1, 0.15) is 12.8 Å². The Hall–Kier alpha value is -1.80. The van der Waals surface area contributed by atoms with Gasteiger partial charge in [-0.25, -0.2) is 9.59 Å². The summed E-state index contributed by atoms with van der Waals surface area (Å²) in [5.74, 6) is -2.57. The third-order valence-electron chi connectivity index (χ3n) is 1.89. The Morgan fingerprint density at radius 1 is 0.889 bits per heavy atom. The first-order valence-electron chi connectivity index (χ1n) is 5.09. The number of aldehydes is 2. The average Bonchev–Trinajstić information content (AvgIpc) is 2.30. The highest BCUT2D eigenvalue weighted by Crippen LogP contribution is 2.00. The fraction of sp³-hybridized carbons (Fsp3) is 0.600. The number of aliphatic carboxylic acids is 2. The highest BCUT2D eigenvalue weighted by molar-refractivity contribution is 5.76. The van der Waals surface area contributed by atoms with Crippen molar-refractivity contribution in [3.8, 4) is 0 Å². The molecule has 2 atom stereocenters. The molecule has 8 nitrogen and oxygen atoms in total. The van der Waals surface area contributed by atoms with Crippen LogP contribution in [0, 0.1) is 0 Å². The maximum atomic E-state index is 10.6. The van der Waals surface area contributed by atoms with Crippen LogP contribution in [0.3, 0.4) is 0 Å². The van der Waals surface area contributed by atoms with Gasteiger partial charge in [-0.05, 0) is 0 Å². The van der Waals surface area contributed by atoms with E-state index < -0.39 is 24.1 Å². The van der Waals surface area contributed by atoms with Gasteiger partial charge >= 0.3 is 11.9 Å². The number of carbonyl (C=O) groups is 4. The Morgan fingerprint density at radius 3 is 1.44 bits per heavy atom. The summed E-state index contributed by atoms with van der Waals surface area (Å²) in [5, 5.41) is 17.2. The molecule has 0 heterocycles. The van der Waals surface area contributed by atoms with Crippen molar-refractivity contribution >= 4 is 24.5 Å². The number of carbonyl (C=O) groups excluding carboxylic acids is 2. The molecule has 2 N–H and O–H groups in total. The first-order chi connectivity index (χ1) is 8.52. The van der Waals surface area contributed by atoms with Crippen molar-refractivity contribution in [2.45, 2.75) is 25.0 Å². The third kappa shape index (κ3) is 6.71. The van der Waals surface area contributed by atoms with Gasteiger partial charge in [-0.2, -0.15) is 0 Å². The van der Waals surface area contributed by atoms with Gasteiger partial charge in [0.15, 0.2) is 12.2 Å². The lowest BCUT2D eigenvalue weighted by molar-refractivity contribution is -0.158.